The van der Waals surface area contributed by atoms with Crippen LogP contribution in [0.3, 0.4) is 0 Å². The van der Waals surface area contributed by atoms with Gasteiger partial charge in [-0.1, -0.05) is 12.1 Å². The molecule has 2 aromatic rings. The number of rotatable bonds is 2. The van der Waals surface area contributed by atoms with Crippen LogP contribution >= 0.6 is 0 Å². The summed E-state index contributed by atoms with van der Waals surface area (Å²) in [6.07, 6.45) is 4.36. The average molecular weight is 201 g/mol. The summed E-state index contributed by atoms with van der Waals surface area (Å²) in [6, 6.07) is 9.17. The topological polar surface area (TPSA) is 12.9 Å². The highest BCUT2D eigenvalue weighted by Gasteiger charge is 2.00. The Hall–Kier alpha value is -1.70. The van der Waals surface area contributed by atoms with Gasteiger partial charge in [-0.05, 0) is 48.2 Å². The molecule has 0 N–H and O–H groups in total. The Morgan fingerprint density at radius 2 is 1.80 bits per heavy atom. The molecule has 0 saturated heterocycles. The minimum Gasteiger partial charge on any atom is -0.265 e. The van der Waals surface area contributed by atoms with Crippen LogP contribution in [-0.2, 0) is 6.42 Å². The highest BCUT2D eigenvalue weighted by molar-refractivity contribution is 5.28. The van der Waals surface area contributed by atoms with Crippen LogP contribution in [0.2, 0.25) is 0 Å². The SMILES string of the molecule is Cc1cc(Cc2ccncc2)ccc1F. The minimum atomic E-state index is -0.145. The molecule has 0 aliphatic carbocycles. The van der Waals surface area contributed by atoms with Gasteiger partial charge in [-0.2, -0.15) is 0 Å². The van der Waals surface area contributed by atoms with Gasteiger partial charge in [-0.15, -0.1) is 0 Å². The van der Waals surface area contributed by atoms with Gasteiger partial charge >= 0.3 is 0 Å². The molecule has 1 aromatic heterocycles. The van der Waals surface area contributed by atoms with Gasteiger partial charge in [0.15, 0.2) is 0 Å². The largest absolute Gasteiger partial charge is 0.265 e. The van der Waals surface area contributed by atoms with Gasteiger partial charge in [0.2, 0.25) is 0 Å². The first kappa shape index (κ1) is 9.84. The highest BCUT2D eigenvalue weighted by atomic mass is 19.1. The molecule has 0 spiro atoms. The first-order valence-corrected chi connectivity index (χ1v) is 4.89. The summed E-state index contributed by atoms with van der Waals surface area (Å²) < 4.78 is 13.0. The Bertz CT molecular complexity index is 451. The van der Waals surface area contributed by atoms with Crippen LogP contribution in [0.25, 0.3) is 0 Å². The van der Waals surface area contributed by atoms with E-state index in [9.17, 15) is 4.39 Å². The third-order valence-electron chi connectivity index (χ3n) is 2.38. The fourth-order valence-electron chi connectivity index (χ4n) is 1.55. The van der Waals surface area contributed by atoms with E-state index in [1.165, 1.54) is 11.6 Å². The maximum atomic E-state index is 13.0. The van der Waals surface area contributed by atoms with Gasteiger partial charge in [0.1, 0.15) is 5.82 Å². The minimum absolute atomic E-state index is 0.145. The van der Waals surface area contributed by atoms with E-state index in [1.807, 2.05) is 24.3 Å². The van der Waals surface area contributed by atoms with E-state index in [-0.39, 0.29) is 5.82 Å². The summed E-state index contributed by atoms with van der Waals surface area (Å²) in [5.74, 6) is -0.145. The van der Waals surface area contributed by atoms with Crippen LogP contribution in [0, 0.1) is 12.7 Å². The predicted molar refractivity (Wildman–Crippen MR) is 58.2 cm³/mol. The second-order valence-electron chi connectivity index (χ2n) is 3.62. The smallest absolute Gasteiger partial charge is 0.126 e. The molecule has 0 unspecified atom stereocenters. The van der Waals surface area contributed by atoms with Crippen LogP contribution in [0.5, 0.6) is 0 Å². The van der Waals surface area contributed by atoms with E-state index < -0.39 is 0 Å². The Kier molecular flexibility index (Phi) is 2.77. The molecule has 76 valence electrons. The molecule has 1 heterocycles. The fourth-order valence-corrected chi connectivity index (χ4v) is 1.55. The number of aryl methyl sites for hydroxylation is 1. The van der Waals surface area contributed by atoms with E-state index in [0.717, 1.165) is 12.0 Å². The van der Waals surface area contributed by atoms with Crippen molar-refractivity contribution in [1.29, 1.82) is 0 Å². The summed E-state index contributed by atoms with van der Waals surface area (Å²) in [6.45, 7) is 1.78. The molecule has 0 saturated carbocycles. The summed E-state index contributed by atoms with van der Waals surface area (Å²) in [5, 5.41) is 0. The molecule has 2 rings (SSSR count). The van der Waals surface area contributed by atoms with Gasteiger partial charge < -0.3 is 0 Å². The Balaban J connectivity index is 2.22. The van der Waals surface area contributed by atoms with E-state index in [0.29, 0.717) is 5.56 Å². The van der Waals surface area contributed by atoms with Crippen LogP contribution in [-0.4, -0.2) is 4.98 Å². The van der Waals surface area contributed by atoms with Crippen molar-refractivity contribution >= 4 is 0 Å². The van der Waals surface area contributed by atoms with Gasteiger partial charge in [-0.25, -0.2) is 4.39 Å². The lowest BCUT2D eigenvalue weighted by atomic mass is 10.0. The maximum absolute atomic E-state index is 13.0. The Morgan fingerprint density at radius 1 is 1.07 bits per heavy atom. The van der Waals surface area contributed by atoms with Gasteiger partial charge in [0, 0.05) is 12.4 Å². The standard InChI is InChI=1S/C13H12FN/c1-10-8-12(2-3-13(10)14)9-11-4-6-15-7-5-11/h2-8H,9H2,1H3. The molecule has 0 bridgehead atoms. The van der Waals surface area contributed by atoms with Crippen LogP contribution in [0.15, 0.2) is 42.7 Å². The van der Waals surface area contributed by atoms with Crippen molar-refractivity contribution in [2.24, 2.45) is 0 Å². The molecule has 0 atom stereocenters. The monoisotopic (exact) mass is 201 g/mol. The molecule has 1 nitrogen and oxygen atoms in total. The van der Waals surface area contributed by atoms with Crippen LogP contribution in [0.1, 0.15) is 16.7 Å². The zero-order valence-electron chi connectivity index (χ0n) is 8.57. The van der Waals surface area contributed by atoms with Crippen molar-refractivity contribution in [2.45, 2.75) is 13.3 Å². The van der Waals surface area contributed by atoms with Crippen molar-refractivity contribution in [3.8, 4) is 0 Å². The van der Waals surface area contributed by atoms with Gasteiger partial charge in [-0.3, -0.25) is 4.98 Å². The highest BCUT2D eigenvalue weighted by Crippen LogP contribution is 2.13. The zero-order valence-corrected chi connectivity index (χ0v) is 8.57. The molecule has 2 heteroatoms. The summed E-state index contributed by atoms with van der Waals surface area (Å²) in [7, 11) is 0. The van der Waals surface area contributed by atoms with Gasteiger partial charge in [0.05, 0.1) is 0 Å². The maximum Gasteiger partial charge on any atom is 0.126 e. The zero-order chi connectivity index (χ0) is 10.7. The lowest BCUT2D eigenvalue weighted by Gasteiger charge is -2.03. The van der Waals surface area contributed by atoms with Crippen molar-refractivity contribution in [1.82, 2.24) is 4.98 Å². The molecule has 15 heavy (non-hydrogen) atoms. The van der Waals surface area contributed by atoms with Crippen LogP contribution in [0.4, 0.5) is 4.39 Å². The second kappa shape index (κ2) is 4.22. The summed E-state index contributed by atoms with van der Waals surface area (Å²) in [5.41, 5.74) is 3.01. The quantitative estimate of drug-likeness (QED) is 0.727. The summed E-state index contributed by atoms with van der Waals surface area (Å²) in [4.78, 5) is 3.96. The normalized spacial score (nSPS) is 10.3. The molecule has 0 aliphatic rings. The van der Waals surface area contributed by atoms with E-state index in [2.05, 4.69) is 4.98 Å². The molecule has 0 radical (unpaired) electrons. The lowest BCUT2D eigenvalue weighted by Crippen LogP contribution is -1.91. The number of halogens is 1. The Labute approximate surface area is 88.6 Å². The number of hydrogen-bond acceptors (Lipinski definition) is 1. The van der Waals surface area contributed by atoms with Crippen molar-refractivity contribution in [3.63, 3.8) is 0 Å². The second-order valence-corrected chi connectivity index (χ2v) is 3.62. The van der Waals surface area contributed by atoms with Crippen molar-refractivity contribution in [2.75, 3.05) is 0 Å². The van der Waals surface area contributed by atoms with Crippen LogP contribution < -0.4 is 0 Å². The molecule has 0 fully saturated rings. The average Bonchev–Trinajstić information content (AvgIpc) is 2.25. The van der Waals surface area contributed by atoms with E-state index in [4.69, 9.17) is 0 Å². The van der Waals surface area contributed by atoms with E-state index >= 15 is 0 Å². The number of benzene rings is 1. The third kappa shape index (κ3) is 2.40. The first-order chi connectivity index (χ1) is 7.25. The molecule has 1 aromatic carbocycles. The summed E-state index contributed by atoms with van der Waals surface area (Å²) >= 11 is 0. The lowest BCUT2D eigenvalue weighted by molar-refractivity contribution is 0.618. The Morgan fingerprint density at radius 3 is 2.47 bits per heavy atom. The van der Waals surface area contributed by atoms with E-state index in [1.54, 1.807) is 19.3 Å². The fraction of sp³-hybridized carbons (Fsp3) is 0.154. The number of pyridine rings is 1. The molecular weight excluding hydrogens is 189 g/mol. The van der Waals surface area contributed by atoms with Crippen molar-refractivity contribution < 1.29 is 4.39 Å². The number of hydrogen-bond donors (Lipinski definition) is 0. The molecule has 0 amide bonds. The number of aromatic nitrogens is 1. The number of nitrogens with zero attached hydrogens (tertiary/aromatic N) is 1. The third-order valence-corrected chi connectivity index (χ3v) is 2.38. The van der Waals surface area contributed by atoms with Crippen molar-refractivity contribution in [3.05, 3.63) is 65.2 Å². The first-order valence-electron chi connectivity index (χ1n) is 4.89. The predicted octanol–water partition coefficient (Wildman–Crippen LogP) is 3.12. The molecule has 0 aliphatic heterocycles. The molecular formula is C13H12FN. The van der Waals surface area contributed by atoms with Gasteiger partial charge in [0.25, 0.3) is 0 Å².